The molecule has 10 heteroatoms. The molecule has 1 aliphatic rings. The van der Waals surface area contributed by atoms with Gasteiger partial charge in [0.2, 0.25) is 0 Å². The molecule has 0 saturated heterocycles. The van der Waals surface area contributed by atoms with Crippen molar-refractivity contribution in [3.05, 3.63) is 63.8 Å². The van der Waals surface area contributed by atoms with E-state index in [1.54, 1.807) is 47.1 Å². The molecule has 0 atom stereocenters. The molecule has 1 heterocycles. The maximum Gasteiger partial charge on any atom is 0.392 e. The summed E-state index contributed by atoms with van der Waals surface area (Å²) in [6, 6.07) is 11.7. The third-order valence-electron chi connectivity index (χ3n) is 6.20. The van der Waals surface area contributed by atoms with Gasteiger partial charge in [0.25, 0.3) is 5.91 Å². The quantitative estimate of drug-likeness (QED) is 0.337. The first-order valence-corrected chi connectivity index (χ1v) is 12.5. The number of alkyl halides is 3. The predicted octanol–water partition coefficient (Wildman–Crippen LogP) is 7.55. The molecule has 192 valence electrons. The molecule has 0 spiro atoms. The molecule has 1 fully saturated rings. The highest BCUT2D eigenvalue weighted by atomic mass is 35.5. The van der Waals surface area contributed by atoms with Crippen LogP contribution in [0.1, 0.15) is 54.6 Å². The summed E-state index contributed by atoms with van der Waals surface area (Å²) in [6.07, 6.45) is -0.0859. The van der Waals surface area contributed by atoms with Gasteiger partial charge in [-0.1, -0.05) is 42.5 Å². The molecule has 0 unspecified atom stereocenters. The number of amides is 1. The fraction of sp³-hybridized carbons (Fsp3) is 0.385. The monoisotopic (exact) mass is 539 g/mol. The van der Waals surface area contributed by atoms with Crippen LogP contribution in [0.3, 0.4) is 0 Å². The third kappa shape index (κ3) is 6.34. The third-order valence-corrected chi connectivity index (χ3v) is 6.74. The Hall–Kier alpha value is -2.71. The van der Waals surface area contributed by atoms with Crippen LogP contribution in [-0.2, 0) is 0 Å². The highest BCUT2D eigenvalue weighted by Crippen LogP contribution is 2.34. The fourth-order valence-corrected chi connectivity index (χ4v) is 4.86. The summed E-state index contributed by atoms with van der Waals surface area (Å²) >= 11 is 12.6. The van der Waals surface area contributed by atoms with Crippen molar-refractivity contribution in [2.24, 2.45) is 0 Å². The van der Waals surface area contributed by atoms with Gasteiger partial charge < -0.3 is 10.1 Å². The van der Waals surface area contributed by atoms with Crippen molar-refractivity contribution in [3.8, 4) is 22.7 Å². The van der Waals surface area contributed by atoms with Gasteiger partial charge in [0.1, 0.15) is 5.75 Å². The van der Waals surface area contributed by atoms with Gasteiger partial charge in [-0.25, -0.2) is 4.68 Å². The summed E-state index contributed by atoms with van der Waals surface area (Å²) in [6.45, 7) is 1.35. The molecular formula is C26H26Cl2F3N3O2. The van der Waals surface area contributed by atoms with Gasteiger partial charge >= 0.3 is 6.18 Å². The largest absolute Gasteiger partial charge is 0.493 e. The van der Waals surface area contributed by atoms with E-state index in [2.05, 4.69) is 10.4 Å². The number of hydrogen-bond donors (Lipinski definition) is 1. The predicted molar refractivity (Wildman–Crippen MR) is 134 cm³/mol. The van der Waals surface area contributed by atoms with E-state index in [4.69, 9.17) is 27.9 Å². The van der Waals surface area contributed by atoms with Gasteiger partial charge in [-0.3, -0.25) is 4.79 Å². The second kappa shape index (κ2) is 11.1. The van der Waals surface area contributed by atoms with Crippen molar-refractivity contribution in [1.82, 2.24) is 15.1 Å². The minimum absolute atomic E-state index is 0.117. The van der Waals surface area contributed by atoms with Gasteiger partial charge in [-0.2, -0.15) is 18.3 Å². The second-order valence-electron chi connectivity index (χ2n) is 8.88. The van der Waals surface area contributed by atoms with Crippen LogP contribution in [0, 0.1) is 6.92 Å². The number of carbonyl (C=O) groups is 1. The van der Waals surface area contributed by atoms with Gasteiger partial charge in [0.05, 0.1) is 29.4 Å². The normalized spacial score (nSPS) is 14.6. The van der Waals surface area contributed by atoms with E-state index in [0.717, 1.165) is 25.7 Å². The fourth-order valence-electron chi connectivity index (χ4n) is 4.37. The van der Waals surface area contributed by atoms with Crippen LogP contribution in [0.5, 0.6) is 5.75 Å². The van der Waals surface area contributed by atoms with Gasteiger partial charge in [-0.05, 0) is 62.2 Å². The van der Waals surface area contributed by atoms with Gasteiger partial charge in [-0.15, -0.1) is 0 Å². The molecule has 1 N–H and O–H groups in total. The first kappa shape index (κ1) is 26.4. The second-order valence-corrected chi connectivity index (χ2v) is 9.72. The van der Waals surface area contributed by atoms with Gasteiger partial charge in [0.15, 0.2) is 5.69 Å². The Morgan fingerprint density at radius 2 is 1.81 bits per heavy atom. The summed E-state index contributed by atoms with van der Waals surface area (Å²) in [5, 5.41) is 8.56. The number of benzene rings is 2. The van der Waals surface area contributed by atoms with Gasteiger partial charge in [0, 0.05) is 22.2 Å². The van der Waals surface area contributed by atoms with E-state index in [-0.39, 0.29) is 17.6 Å². The lowest BCUT2D eigenvalue weighted by Gasteiger charge is -2.22. The molecule has 0 bridgehead atoms. The number of hydrogen-bond acceptors (Lipinski definition) is 3. The molecule has 0 aliphatic heterocycles. The van der Waals surface area contributed by atoms with Crippen molar-refractivity contribution in [1.29, 1.82) is 0 Å². The Labute approximate surface area is 217 Å². The zero-order valence-corrected chi connectivity index (χ0v) is 21.2. The van der Waals surface area contributed by atoms with Crippen LogP contribution in [0.15, 0.2) is 42.5 Å². The van der Waals surface area contributed by atoms with E-state index in [9.17, 15) is 18.0 Å². The summed E-state index contributed by atoms with van der Waals surface area (Å²) in [5.74, 6) is 0.0584. The first-order valence-electron chi connectivity index (χ1n) is 11.8. The molecule has 4 rings (SSSR count). The number of nitrogens with one attached hydrogen (secondary N) is 1. The topological polar surface area (TPSA) is 56.2 Å². The minimum atomic E-state index is -4.28. The summed E-state index contributed by atoms with van der Waals surface area (Å²) in [5.41, 5.74) is 2.81. The summed E-state index contributed by atoms with van der Waals surface area (Å²) in [4.78, 5) is 13.2. The first-order chi connectivity index (χ1) is 17.1. The Morgan fingerprint density at radius 1 is 1.11 bits per heavy atom. The van der Waals surface area contributed by atoms with Crippen molar-refractivity contribution < 1.29 is 22.7 Å². The van der Waals surface area contributed by atoms with E-state index in [0.29, 0.717) is 38.3 Å². The Morgan fingerprint density at radius 3 is 2.44 bits per heavy atom. The average molecular weight is 540 g/mol. The SMILES string of the molecule is Cc1c(C(=O)NC2CCCCC2)nn(-c2ccc(Cl)cc2Cl)c1-c1ccc(OCCC(F)(F)F)cc1. The van der Waals surface area contributed by atoms with Crippen LogP contribution in [0.25, 0.3) is 16.9 Å². The standard InChI is InChI=1S/C26H26Cl2F3N3O2/c1-16-23(25(35)32-19-5-3-2-4-6-19)33-34(22-12-9-18(27)15-21(22)28)24(16)17-7-10-20(11-8-17)36-14-13-26(29,30)31/h7-12,15,19H,2-6,13-14H2,1H3,(H,32,35). The number of rotatable bonds is 7. The minimum Gasteiger partial charge on any atom is -0.493 e. The Balaban J connectivity index is 1.68. The molecule has 36 heavy (non-hydrogen) atoms. The van der Waals surface area contributed by atoms with Crippen LogP contribution in [0.2, 0.25) is 10.0 Å². The van der Waals surface area contributed by atoms with Crippen LogP contribution >= 0.6 is 23.2 Å². The number of halogens is 5. The molecule has 5 nitrogen and oxygen atoms in total. The Bertz CT molecular complexity index is 1220. The molecule has 2 aromatic carbocycles. The number of ether oxygens (including phenoxy) is 1. The van der Waals surface area contributed by atoms with E-state index < -0.39 is 19.2 Å². The molecule has 3 aromatic rings. The summed E-state index contributed by atoms with van der Waals surface area (Å²) < 4.78 is 44.1. The molecule has 1 aliphatic carbocycles. The van der Waals surface area contributed by atoms with E-state index >= 15 is 0 Å². The average Bonchev–Trinajstić information content (AvgIpc) is 3.16. The number of nitrogens with zero attached hydrogens (tertiary/aromatic N) is 2. The summed E-state index contributed by atoms with van der Waals surface area (Å²) in [7, 11) is 0. The smallest absolute Gasteiger partial charge is 0.392 e. The number of aromatic nitrogens is 2. The van der Waals surface area contributed by atoms with E-state index in [1.807, 2.05) is 6.92 Å². The molecule has 0 radical (unpaired) electrons. The van der Waals surface area contributed by atoms with Crippen LogP contribution < -0.4 is 10.1 Å². The molecular weight excluding hydrogens is 514 g/mol. The zero-order valence-electron chi connectivity index (χ0n) is 19.7. The number of carbonyl (C=O) groups excluding carboxylic acids is 1. The maximum atomic E-state index is 13.2. The van der Waals surface area contributed by atoms with Crippen molar-refractivity contribution >= 4 is 29.1 Å². The Kier molecular flexibility index (Phi) is 8.15. The molecule has 1 amide bonds. The molecule has 1 saturated carbocycles. The lowest BCUT2D eigenvalue weighted by molar-refractivity contribution is -0.139. The van der Waals surface area contributed by atoms with Crippen molar-refractivity contribution in [3.63, 3.8) is 0 Å². The zero-order chi connectivity index (χ0) is 25.9. The highest BCUT2D eigenvalue weighted by Gasteiger charge is 2.27. The van der Waals surface area contributed by atoms with Crippen LogP contribution in [-0.4, -0.2) is 34.5 Å². The molecule has 1 aromatic heterocycles. The lowest BCUT2D eigenvalue weighted by Crippen LogP contribution is -2.36. The van der Waals surface area contributed by atoms with E-state index in [1.165, 1.54) is 6.42 Å². The van der Waals surface area contributed by atoms with Crippen LogP contribution in [0.4, 0.5) is 13.2 Å². The maximum absolute atomic E-state index is 13.2. The lowest BCUT2D eigenvalue weighted by atomic mass is 9.95. The van der Waals surface area contributed by atoms with Crippen molar-refractivity contribution in [2.45, 2.75) is 57.7 Å². The van der Waals surface area contributed by atoms with Crippen molar-refractivity contribution in [2.75, 3.05) is 6.61 Å². The highest BCUT2D eigenvalue weighted by molar-refractivity contribution is 6.35.